The number of aromatic nitrogens is 1. The molecule has 1 fully saturated rings. The summed E-state index contributed by atoms with van der Waals surface area (Å²) < 4.78 is 61.9. The van der Waals surface area contributed by atoms with Crippen LogP contribution >= 0.6 is 11.3 Å². The van der Waals surface area contributed by atoms with E-state index in [4.69, 9.17) is 0 Å². The quantitative estimate of drug-likeness (QED) is 0.925. The van der Waals surface area contributed by atoms with Gasteiger partial charge in [0.05, 0.1) is 17.0 Å². The molecule has 1 aliphatic rings. The molecule has 114 valence electrons. The highest BCUT2D eigenvalue weighted by Gasteiger charge is 2.39. The first-order valence-electron chi connectivity index (χ1n) is 6.17. The number of halogens is 3. The molecule has 9 heteroatoms. The van der Waals surface area contributed by atoms with Gasteiger partial charge in [-0.05, 0) is 19.9 Å². The molecule has 0 bridgehead atoms. The number of rotatable bonds is 3. The molecule has 0 radical (unpaired) electrons. The van der Waals surface area contributed by atoms with Crippen molar-refractivity contribution in [2.24, 2.45) is 0 Å². The maximum atomic E-state index is 12.6. The molecule has 1 aromatic rings. The third-order valence-electron chi connectivity index (χ3n) is 3.38. The largest absolute Gasteiger partial charge is 0.443 e. The lowest BCUT2D eigenvalue weighted by Gasteiger charge is -2.29. The minimum Gasteiger partial charge on any atom is -0.311 e. The molecule has 1 aliphatic heterocycles. The van der Waals surface area contributed by atoms with Crippen molar-refractivity contribution in [3.8, 4) is 0 Å². The highest BCUT2D eigenvalue weighted by Crippen LogP contribution is 2.37. The molecule has 1 aromatic heterocycles. The van der Waals surface area contributed by atoms with Crippen LogP contribution in [0.5, 0.6) is 0 Å². The molecule has 20 heavy (non-hydrogen) atoms. The molecule has 2 atom stereocenters. The molecule has 0 aliphatic carbocycles. The van der Waals surface area contributed by atoms with Crippen LogP contribution in [0.2, 0.25) is 0 Å². The van der Waals surface area contributed by atoms with Crippen molar-refractivity contribution in [2.45, 2.75) is 36.7 Å². The number of nitrogens with zero attached hydrogens (tertiary/aromatic N) is 1. The zero-order valence-electron chi connectivity index (χ0n) is 10.8. The van der Waals surface area contributed by atoms with Gasteiger partial charge in [0.25, 0.3) is 0 Å². The second kappa shape index (κ2) is 5.61. The maximum absolute atomic E-state index is 12.6. The summed E-state index contributed by atoms with van der Waals surface area (Å²) in [5.41, 5.74) is 0. The molecule has 0 aromatic carbocycles. The molecular formula is C11H15F3N2O2S2. The van der Waals surface area contributed by atoms with Crippen LogP contribution in [-0.4, -0.2) is 31.5 Å². The predicted octanol–water partition coefficient (Wildman–Crippen LogP) is 2.39. The number of hydrogen-bond donors (Lipinski definition) is 1. The Morgan fingerprint density at radius 1 is 1.45 bits per heavy atom. The van der Waals surface area contributed by atoms with E-state index in [2.05, 4.69) is 10.3 Å². The summed E-state index contributed by atoms with van der Waals surface area (Å²) in [6.07, 6.45) is -1.52. The summed E-state index contributed by atoms with van der Waals surface area (Å²) in [4.78, 5) is 3.67. The van der Waals surface area contributed by atoms with Crippen molar-refractivity contribution < 1.29 is 21.6 Å². The van der Waals surface area contributed by atoms with E-state index in [0.717, 1.165) is 12.6 Å². The van der Waals surface area contributed by atoms with Crippen LogP contribution in [0.4, 0.5) is 13.2 Å². The van der Waals surface area contributed by atoms with Crippen LogP contribution in [0.25, 0.3) is 0 Å². The van der Waals surface area contributed by atoms with Crippen LogP contribution in [0.1, 0.15) is 35.2 Å². The van der Waals surface area contributed by atoms with E-state index in [1.807, 2.05) is 0 Å². The standard InChI is InChI=1S/C11H15F3N2O2S2/c1-15-9(8-4-2-3-5-20(8,17)18)7-6-16-10(19-7)11(12,13)14/h6,8-9,15H,2-5H2,1H3. The molecule has 4 nitrogen and oxygen atoms in total. The Kier molecular flexibility index (Phi) is 4.41. The summed E-state index contributed by atoms with van der Waals surface area (Å²) in [5, 5.41) is 1.21. The number of sulfone groups is 1. The van der Waals surface area contributed by atoms with E-state index in [0.29, 0.717) is 29.1 Å². The van der Waals surface area contributed by atoms with Gasteiger partial charge in [0, 0.05) is 11.1 Å². The summed E-state index contributed by atoms with van der Waals surface area (Å²) in [6, 6.07) is -0.631. The molecule has 2 heterocycles. The zero-order chi connectivity index (χ0) is 15.0. The summed E-state index contributed by atoms with van der Waals surface area (Å²) >= 11 is 0.504. The Hall–Kier alpha value is -0.670. The first kappa shape index (κ1) is 15.7. The zero-order valence-corrected chi connectivity index (χ0v) is 12.4. The number of thiazole rings is 1. The van der Waals surface area contributed by atoms with Crippen molar-refractivity contribution in [2.75, 3.05) is 12.8 Å². The second-order valence-corrected chi connectivity index (χ2v) is 8.13. The maximum Gasteiger partial charge on any atom is 0.443 e. The second-order valence-electron chi connectivity index (χ2n) is 4.73. The van der Waals surface area contributed by atoms with Gasteiger partial charge in [-0.2, -0.15) is 13.2 Å². The molecule has 1 N–H and O–H groups in total. The van der Waals surface area contributed by atoms with E-state index >= 15 is 0 Å². The number of hydrogen-bond acceptors (Lipinski definition) is 5. The molecule has 2 unspecified atom stereocenters. The van der Waals surface area contributed by atoms with Gasteiger partial charge < -0.3 is 5.32 Å². The van der Waals surface area contributed by atoms with Gasteiger partial charge in [-0.3, -0.25) is 0 Å². The van der Waals surface area contributed by atoms with Gasteiger partial charge in [0.2, 0.25) is 0 Å². The van der Waals surface area contributed by atoms with E-state index in [9.17, 15) is 21.6 Å². The fraction of sp³-hybridized carbons (Fsp3) is 0.727. The van der Waals surface area contributed by atoms with Gasteiger partial charge in [-0.1, -0.05) is 6.42 Å². The van der Waals surface area contributed by atoms with Gasteiger partial charge in [-0.25, -0.2) is 13.4 Å². The van der Waals surface area contributed by atoms with E-state index in [-0.39, 0.29) is 5.75 Å². The highest BCUT2D eigenvalue weighted by atomic mass is 32.2. The van der Waals surface area contributed by atoms with E-state index < -0.39 is 32.3 Å². The smallest absolute Gasteiger partial charge is 0.311 e. The van der Waals surface area contributed by atoms with Crippen LogP contribution in [0.15, 0.2) is 6.20 Å². The Balaban J connectivity index is 2.30. The number of alkyl halides is 3. The third kappa shape index (κ3) is 3.15. The third-order valence-corrected chi connectivity index (χ3v) is 6.80. The minimum absolute atomic E-state index is 0.0980. The fourth-order valence-electron chi connectivity index (χ4n) is 2.43. The first-order valence-corrected chi connectivity index (χ1v) is 8.70. The summed E-state index contributed by atoms with van der Waals surface area (Å²) in [5.74, 6) is 0.0980. The molecule has 0 saturated carbocycles. The van der Waals surface area contributed by atoms with Crippen LogP contribution in [-0.2, 0) is 16.0 Å². The van der Waals surface area contributed by atoms with Crippen molar-refractivity contribution in [3.05, 3.63) is 16.1 Å². The normalized spacial score (nSPS) is 24.5. The Labute approximate surface area is 119 Å². The number of nitrogens with one attached hydrogen (secondary N) is 1. The average Bonchev–Trinajstić information content (AvgIpc) is 2.81. The van der Waals surface area contributed by atoms with Gasteiger partial charge >= 0.3 is 6.18 Å². The molecule has 0 spiro atoms. The molecule has 0 amide bonds. The molecular weight excluding hydrogens is 313 g/mol. The van der Waals surface area contributed by atoms with Crippen molar-refractivity contribution >= 4 is 21.2 Å². The molecule has 2 rings (SSSR count). The van der Waals surface area contributed by atoms with Gasteiger partial charge in [0.15, 0.2) is 14.8 Å². The topological polar surface area (TPSA) is 59.1 Å². The van der Waals surface area contributed by atoms with Crippen LogP contribution < -0.4 is 5.32 Å². The van der Waals surface area contributed by atoms with Crippen molar-refractivity contribution in [1.29, 1.82) is 0 Å². The lowest BCUT2D eigenvalue weighted by atomic mass is 10.1. The van der Waals surface area contributed by atoms with Crippen molar-refractivity contribution in [1.82, 2.24) is 10.3 Å². The average molecular weight is 328 g/mol. The van der Waals surface area contributed by atoms with Gasteiger partial charge in [0.1, 0.15) is 0 Å². The SMILES string of the molecule is CNC(c1cnc(C(F)(F)F)s1)C1CCCCS1(=O)=O. The van der Waals surface area contributed by atoms with E-state index in [1.54, 1.807) is 7.05 Å². The fourth-order valence-corrected chi connectivity index (χ4v) is 5.60. The Morgan fingerprint density at radius 2 is 2.15 bits per heavy atom. The van der Waals surface area contributed by atoms with Gasteiger partial charge in [-0.15, -0.1) is 11.3 Å². The monoisotopic (exact) mass is 328 g/mol. The minimum atomic E-state index is -4.49. The lowest BCUT2D eigenvalue weighted by molar-refractivity contribution is -0.137. The predicted molar refractivity (Wildman–Crippen MR) is 70.3 cm³/mol. The van der Waals surface area contributed by atoms with Crippen LogP contribution in [0.3, 0.4) is 0 Å². The molecule has 1 saturated heterocycles. The highest BCUT2D eigenvalue weighted by molar-refractivity contribution is 7.92. The Morgan fingerprint density at radius 3 is 2.65 bits per heavy atom. The van der Waals surface area contributed by atoms with Crippen molar-refractivity contribution in [3.63, 3.8) is 0 Å². The Bertz CT molecular complexity index is 568. The van der Waals surface area contributed by atoms with Crippen LogP contribution in [0, 0.1) is 0 Å². The lowest BCUT2D eigenvalue weighted by Crippen LogP contribution is -2.39. The summed E-state index contributed by atoms with van der Waals surface area (Å²) in [6.45, 7) is 0. The summed E-state index contributed by atoms with van der Waals surface area (Å²) in [7, 11) is -1.72. The first-order chi connectivity index (χ1) is 9.25. The van der Waals surface area contributed by atoms with E-state index in [1.165, 1.54) is 0 Å².